The normalized spacial score (nSPS) is 12.0. The fraction of sp³-hybridized carbons (Fsp3) is 0.800. The third-order valence-electron chi connectivity index (χ3n) is 8.01. The highest BCUT2D eigenvalue weighted by atomic mass is 127. The second-order valence-electron chi connectivity index (χ2n) is 12.6. The minimum Gasteiger partial charge on any atom is -0.481 e. The summed E-state index contributed by atoms with van der Waals surface area (Å²) in [4.78, 5) is 81.2. The van der Waals surface area contributed by atoms with Crippen molar-refractivity contribution < 1.29 is 58.4 Å². The van der Waals surface area contributed by atoms with Gasteiger partial charge in [0.2, 0.25) is 23.6 Å². The summed E-state index contributed by atoms with van der Waals surface area (Å²) in [6.45, 7) is 0.600. The zero-order valence-electron chi connectivity index (χ0n) is 30.4. The summed E-state index contributed by atoms with van der Waals surface area (Å²) in [7, 11) is 0. The summed E-state index contributed by atoms with van der Waals surface area (Å²) < 4.78 is 10.9. The fourth-order valence-corrected chi connectivity index (χ4v) is 5.38. The van der Waals surface area contributed by atoms with Gasteiger partial charge >= 0.3 is 17.9 Å². The predicted octanol–water partition coefficient (Wildman–Crippen LogP) is 3.32. The summed E-state index contributed by atoms with van der Waals surface area (Å²) in [5.41, 5.74) is 0. The van der Waals surface area contributed by atoms with Crippen LogP contribution in [0.25, 0.3) is 0 Å². The van der Waals surface area contributed by atoms with E-state index in [2.05, 4.69) is 21.3 Å². The SMILES string of the molecule is O=C(O)CCCCCCCCCCCCCCC(=O)NC(CCC(=O)NCCOCCOCC(=O)NC(CCCCNC(=O)CI)C(=O)O)C(=O)O. The maximum atomic E-state index is 12.3. The highest BCUT2D eigenvalue weighted by molar-refractivity contribution is 14.1. The average Bonchev–Trinajstić information content (AvgIpc) is 3.10. The van der Waals surface area contributed by atoms with E-state index in [1.165, 1.54) is 12.8 Å². The number of carbonyl (C=O) groups is 7. The van der Waals surface area contributed by atoms with Crippen LogP contribution in [0.3, 0.4) is 0 Å². The molecule has 0 rings (SSSR count). The number of alkyl halides is 1. The van der Waals surface area contributed by atoms with Crippen LogP contribution >= 0.6 is 22.6 Å². The lowest BCUT2D eigenvalue weighted by atomic mass is 10.0. The van der Waals surface area contributed by atoms with E-state index in [1.807, 2.05) is 22.6 Å². The highest BCUT2D eigenvalue weighted by Crippen LogP contribution is 2.13. The smallest absolute Gasteiger partial charge is 0.326 e. The molecule has 0 bridgehead atoms. The van der Waals surface area contributed by atoms with E-state index in [9.17, 15) is 43.8 Å². The number of ether oxygens (including phenoxy) is 2. The van der Waals surface area contributed by atoms with E-state index < -0.39 is 35.9 Å². The number of carboxylic acid groups (broad SMARTS) is 3. The molecule has 52 heavy (non-hydrogen) atoms. The molecule has 2 unspecified atom stereocenters. The van der Waals surface area contributed by atoms with E-state index in [4.69, 9.17) is 14.6 Å². The summed E-state index contributed by atoms with van der Waals surface area (Å²) in [5.74, 6) is -4.50. The summed E-state index contributed by atoms with van der Waals surface area (Å²) >= 11 is 1.95. The van der Waals surface area contributed by atoms with Crippen LogP contribution in [0.2, 0.25) is 0 Å². The molecule has 0 aromatic carbocycles. The van der Waals surface area contributed by atoms with Gasteiger partial charge in [0.15, 0.2) is 0 Å². The first-order valence-electron chi connectivity index (χ1n) is 18.5. The summed E-state index contributed by atoms with van der Waals surface area (Å²) in [6.07, 6.45) is 13.9. The molecule has 0 aromatic rings. The van der Waals surface area contributed by atoms with E-state index in [0.717, 1.165) is 57.8 Å². The fourth-order valence-electron chi connectivity index (χ4n) is 5.11. The molecule has 0 aromatic heterocycles. The van der Waals surface area contributed by atoms with Gasteiger partial charge < -0.3 is 46.1 Å². The number of carboxylic acids is 3. The highest BCUT2D eigenvalue weighted by Gasteiger charge is 2.21. The topological polar surface area (TPSA) is 247 Å². The van der Waals surface area contributed by atoms with E-state index in [0.29, 0.717) is 30.2 Å². The van der Waals surface area contributed by atoms with Gasteiger partial charge in [-0.1, -0.05) is 86.8 Å². The molecule has 0 aliphatic carbocycles. The Morgan fingerprint density at radius 2 is 0.981 bits per heavy atom. The Morgan fingerprint density at radius 1 is 0.481 bits per heavy atom. The van der Waals surface area contributed by atoms with Crippen molar-refractivity contribution in [2.75, 3.05) is 43.9 Å². The lowest BCUT2D eigenvalue weighted by molar-refractivity contribution is -0.143. The van der Waals surface area contributed by atoms with Crippen molar-refractivity contribution in [3.05, 3.63) is 0 Å². The van der Waals surface area contributed by atoms with Crippen LogP contribution in [0.5, 0.6) is 0 Å². The summed E-state index contributed by atoms with van der Waals surface area (Å²) in [5, 5.41) is 37.7. The van der Waals surface area contributed by atoms with Crippen molar-refractivity contribution in [1.82, 2.24) is 21.3 Å². The molecule has 0 heterocycles. The van der Waals surface area contributed by atoms with Crippen LogP contribution in [-0.2, 0) is 43.0 Å². The third kappa shape index (κ3) is 31.7. The first-order chi connectivity index (χ1) is 25.0. The Kier molecular flexibility index (Phi) is 31.8. The molecular formula is C35H61IN4O12. The number of aliphatic carboxylic acids is 3. The van der Waals surface area contributed by atoms with Gasteiger partial charge in [0.1, 0.15) is 18.7 Å². The minimum absolute atomic E-state index is 0.0499. The van der Waals surface area contributed by atoms with E-state index >= 15 is 0 Å². The second kappa shape index (κ2) is 33.8. The Morgan fingerprint density at radius 3 is 1.54 bits per heavy atom. The second-order valence-corrected chi connectivity index (χ2v) is 13.3. The first-order valence-corrected chi connectivity index (χ1v) is 20.0. The number of hydrogen-bond donors (Lipinski definition) is 7. The number of amides is 4. The van der Waals surface area contributed by atoms with Gasteiger partial charge in [-0.05, 0) is 38.5 Å². The molecule has 0 spiro atoms. The van der Waals surface area contributed by atoms with Crippen LogP contribution < -0.4 is 21.3 Å². The Bertz CT molecular complexity index is 1050. The van der Waals surface area contributed by atoms with Crippen molar-refractivity contribution in [2.24, 2.45) is 0 Å². The van der Waals surface area contributed by atoms with Gasteiger partial charge in [-0.3, -0.25) is 24.0 Å². The number of halogens is 1. The van der Waals surface area contributed by atoms with Crippen molar-refractivity contribution in [2.45, 2.75) is 134 Å². The molecule has 300 valence electrons. The van der Waals surface area contributed by atoms with Crippen LogP contribution in [0, 0.1) is 0 Å². The van der Waals surface area contributed by atoms with Crippen LogP contribution in [0.4, 0.5) is 0 Å². The molecule has 0 aliphatic heterocycles. The third-order valence-corrected chi connectivity index (χ3v) is 8.70. The van der Waals surface area contributed by atoms with Gasteiger partial charge in [-0.15, -0.1) is 0 Å². The maximum absolute atomic E-state index is 12.3. The predicted molar refractivity (Wildman–Crippen MR) is 201 cm³/mol. The zero-order chi connectivity index (χ0) is 38.8. The zero-order valence-corrected chi connectivity index (χ0v) is 32.6. The van der Waals surface area contributed by atoms with Gasteiger partial charge in [0.25, 0.3) is 0 Å². The van der Waals surface area contributed by atoms with Crippen LogP contribution in [0.1, 0.15) is 122 Å². The largest absolute Gasteiger partial charge is 0.481 e. The van der Waals surface area contributed by atoms with Gasteiger partial charge in [-0.25, -0.2) is 9.59 Å². The number of hydrogen-bond acceptors (Lipinski definition) is 9. The van der Waals surface area contributed by atoms with Gasteiger partial charge in [-0.2, -0.15) is 0 Å². The monoisotopic (exact) mass is 856 g/mol. The van der Waals surface area contributed by atoms with E-state index in [-0.39, 0.29) is 82.8 Å². The maximum Gasteiger partial charge on any atom is 0.326 e. The Hall–Kier alpha value is -3.06. The minimum atomic E-state index is -1.20. The molecular weight excluding hydrogens is 795 g/mol. The van der Waals surface area contributed by atoms with Crippen molar-refractivity contribution >= 4 is 64.1 Å². The summed E-state index contributed by atoms with van der Waals surface area (Å²) in [6, 6.07) is -2.22. The lowest BCUT2D eigenvalue weighted by Crippen LogP contribution is -2.42. The molecule has 7 N–H and O–H groups in total. The number of unbranched alkanes of at least 4 members (excludes halogenated alkanes) is 12. The Labute approximate surface area is 320 Å². The molecule has 17 heteroatoms. The molecule has 0 aliphatic rings. The number of nitrogens with one attached hydrogen (secondary N) is 4. The Balaban J connectivity index is 3.87. The molecule has 0 saturated heterocycles. The standard InChI is InChI=1S/C35H61IN4O12/c36-25-31(43)37-20-14-13-15-27(34(47)48)40-32(44)26-52-24-23-51-22-21-38-29(41)19-18-28(35(49)50)39-30(42)16-11-9-7-5-3-1-2-4-6-8-10-12-17-33(45)46/h27-28H,1-26H2,(H,37,43)(H,38,41)(H,39,42)(H,40,44)(H,45,46)(H,47,48)(H,49,50). The average molecular weight is 857 g/mol. The van der Waals surface area contributed by atoms with Gasteiger partial charge in [0.05, 0.1) is 24.2 Å². The number of rotatable bonds is 36. The van der Waals surface area contributed by atoms with Crippen LogP contribution in [0.15, 0.2) is 0 Å². The first kappa shape index (κ1) is 48.9. The van der Waals surface area contributed by atoms with E-state index in [1.54, 1.807) is 0 Å². The van der Waals surface area contributed by atoms with Crippen molar-refractivity contribution in [1.29, 1.82) is 0 Å². The van der Waals surface area contributed by atoms with Crippen molar-refractivity contribution in [3.63, 3.8) is 0 Å². The van der Waals surface area contributed by atoms with Crippen LogP contribution in [-0.4, -0.2) is 113 Å². The molecule has 0 fully saturated rings. The molecule has 0 saturated carbocycles. The quantitative estimate of drug-likeness (QED) is 0.0273. The molecule has 0 radical (unpaired) electrons. The molecule has 4 amide bonds. The van der Waals surface area contributed by atoms with Crippen molar-refractivity contribution in [3.8, 4) is 0 Å². The lowest BCUT2D eigenvalue weighted by Gasteiger charge is -2.15. The molecule has 16 nitrogen and oxygen atoms in total. The molecule has 2 atom stereocenters. The number of carbonyl (C=O) groups excluding carboxylic acids is 4. The van der Waals surface area contributed by atoms with Gasteiger partial charge in [0, 0.05) is 32.4 Å².